The molecule has 4 heteroatoms. The summed E-state index contributed by atoms with van der Waals surface area (Å²) in [5.41, 5.74) is 6.32. The molecule has 0 fully saturated rings. The summed E-state index contributed by atoms with van der Waals surface area (Å²) in [6, 6.07) is 8.24. The molecule has 1 aromatic carbocycles. The average molecular weight is 255 g/mol. The van der Waals surface area contributed by atoms with Crippen LogP contribution in [0.15, 0.2) is 24.3 Å². The van der Waals surface area contributed by atoms with Crippen molar-refractivity contribution in [2.45, 2.75) is 32.2 Å². The average Bonchev–Trinajstić information content (AvgIpc) is 2.27. The number of rotatable bonds is 7. The summed E-state index contributed by atoms with van der Waals surface area (Å²) < 4.78 is 0. The summed E-state index contributed by atoms with van der Waals surface area (Å²) in [5, 5.41) is 4.12. The second-order valence-electron chi connectivity index (χ2n) is 4.26. The summed E-state index contributed by atoms with van der Waals surface area (Å²) in [6.07, 6.45) is 2.19. The fourth-order valence-corrected chi connectivity index (χ4v) is 1.78. The van der Waals surface area contributed by atoms with E-state index in [0.717, 1.165) is 24.4 Å². The van der Waals surface area contributed by atoms with Crippen LogP contribution >= 0.6 is 11.6 Å². The van der Waals surface area contributed by atoms with E-state index in [9.17, 15) is 4.79 Å². The predicted molar refractivity (Wildman–Crippen MR) is 71.0 cm³/mol. The van der Waals surface area contributed by atoms with Crippen molar-refractivity contribution in [3.05, 3.63) is 34.9 Å². The van der Waals surface area contributed by atoms with Crippen LogP contribution in [0.25, 0.3) is 0 Å². The topological polar surface area (TPSA) is 55.1 Å². The normalized spacial score (nSPS) is 12.4. The summed E-state index contributed by atoms with van der Waals surface area (Å²) in [4.78, 5) is 10.5. The molecule has 3 nitrogen and oxygen atoms in total. The molecule has 3 N–H and O–H groups in total. The quantitative estimate of drug-likeness (QED) is 0.733. The van der Waals surface area contributed by atoms with Crippen LogP contribution < -0.4 is 11.1 Å². The minimum absolute atomic E-state index is 0.239. The third-order valence-corrected chi connectivity index (χ3v) is 2.80. The SMILES string of the molecule is CC(Cc1ccc(Cl)cc1)NCCCC(N)=O. The lowest BCUT2D eigenvalue weighted by Gasteiger charge is -2.13. The van der Waals surface area contributed by atoms with Gasteiger partial charge in [0.25, 0.3) is 0 Å². The Balaban J connectivity index is 2.22. The van der Waals surface area contributed by atoms with Crippen LogP contribution in [0.4, 0.5) is 0 Å². The molecule has 0 aliphatic rings. The first-order valence-corrected chi connectivity index (χ1v) is 6.22. The maximum atomic E-state index is 10.5. The molecule has 1 unspecified atom stereocenters. The van der Waals surface area contributed by atoms with Crippen LogP contribution in [0.5, 0.6) is 0 Å². The fourth-order valence-electron chi connectivity index (χ4n) is 1.66. The number of benzene rings is 1. The number of hydrogen-bond acceptors (Lipinski definition) is 2. The van der Waals surface area contributed by atoms with Crippen molar-refractivity contribution in [3.8, 4) is 0 Å². The molecule has 0 spiro atoms. The van der Waals surface area contributed by atoms with Gasteiger partial charge < -0.3 is 11.1 Å². The van der Waals surface area contributed by atoms with Crippen molar-refractivity contribution in [1.82, 2.24) is 5.32 Å². The van der Waals surface area contributed by atoms with Gasteiger partial charge in [-0.15, -0.1) is 0 Å². The number of hydrogen-bond donors (Lipinski definition) is 2. The molecule has 1 aromatic rings. The van der Waals surface area contributed by atoms with Gasteiger partial charge in [-0.3, -0.25) is 4.79 Å². The van der Waals surface area contributed by atoms with E-state index in [4.69, 9.17) is 17.3 Å². The maximum absolute atomic E-state index is 10.5. The molecule has 1 atom stereocenters. The molecule has 0 bridgehead atoms. The molecular weight excluding hydrogens is 236 g/mol. The molecule has 1 amide bonds. The van der Waals surface area contributed by atoms with E-state index in [1.807, 2.05) is 24.3 Å². The van der Waals surface area contributed by atoms with Gasteiger partial charge in [0, 0.05) is 17.5 Å². The number of amides is 1. The first-order chi connectivity index (χ1) is 8.08. The summed E-state index contributed by atoms with van der Waals surface area (Å²) >= 11 is 5.82. The lowest BCUT2D eigenvalue weighted by molar-refractivity contribution is -0.118. The molecule has 0 radical (unpaired) electrons. The highest BCUT2D eigenvalue weighted by molar-refractivity contribution is 6.30. The van der Waals surface area contributed by atoms with Gasteiger partial charge in [0.2, 0.25) is 5.91 Å². The zero-order valence-corrected chi connectivity index (χ0v) is 10.8. The molecule has 1 rings (SSSR count). The molecule has 0 heterocycles. The minimum atomic E-state index is -0.239. The third kappa shape index (κ3) is 6.29. The molecule has 17 heavy (non-hydrogen) atoms. The Morgan fingerprint density at radius 1 is 1.41 bits per heavy atom. The predicted octanol–water partition coefficient (Wildman–Crippen LogP) is 2.13. The van der Waals surface area contributed by atoms with Crippen molar-refractivity contribution in [1.29, 1.82) is 0 Å². The highest BCUT2D eigenvalue weighted by Gasteiger charge is 2.03. The van der Waals surface area contributed by atoms with Crippen LogP contribution in [0.2, 0.25) is 5.02 Å². The van der Waals surface area contributed by atoms with E-state index in [1.165, 1.54) is 5.56 Å². The smallest absolute Gasteiger partial charge is 0.217 e. The van der Waals surface area contributed by atoms with Gasteiger partial charge in [-0.2, -0.15) is 0 Å². The molecule has 94 valence electrons. The summed E-state index contributed by atoms with van der Waals surface area (Å²) in [7, 11) is 0. The van der Waals surface area contributed by atoms with Crippen molar-refractivity contribution in [2.24, 2.45) is 5.73 Å². The Kier molecular flexibility index (Phi) is 6.01. The fraction of sp³-hybridized carbons (Fsp3) is 0.462. The summed E-state index contributed by atoms with van der Waals surface area (Å²) in [5.74, 6) is -0.239. The highest BCUT2D eigenvalue weighted by Crippen LogP contribution is 2.10. The van der Waals surface area contributed by atoms with Gasteiger partial charge in [-0.1, -0.05) is 23.7 Å². The maximum Gasteiger partial charge on any atom is 0.217 e. The molecule has 0 saturated heterocycles. The number of primary amides is 1. The van der Waals surface area contributed by atoms with E-state index in [2.05, 4.69) is 12.2 Å². The molecule has 0 saturated carbocycles. The number of carbonyl (C=O) groups is 1. The number of carbonyl (C=O) groups excluding carboxylic acids is 1. The second-order valence-corrected chi connectivity index (χ2v) is 4.69. The largest absolute Gasteiger partial charge is 0.370 e. The standard InChI is InChI=1S/C13H19ClN2O/c1-10(16-8-2-3-13(15)17)9-11-4-6-12(14)7-5-11/h4-7,10,16H,2-3,8-9H2,1H3,(H2,15,17). The van der Waals surface area contributed by atoms with E-state index >= 15 is 0 Å². The van der Waals surface area contributed by atoms with E-state index in [-0.39, 0.29) is 5.91 Å². The zero-order chi connectivity index (χ0) is 12.7. The van der Waals surface area contributed by atoms with Gasteiger partial charge in [-0.25, -0.2) is 0 Å². The molecule has 0 aromatic heterocycles. The van der Waals surface area contributed by atoms with Gasteiger partial charge >= 0.3 is 0 Å². The monoisotopic (exact) mass is 254 g/mol. The number of nitrogens with one attached hydrogen (secondary N) is 1. The molecular formula is C13H19ClN2O. The lowest BCUT2D eigenvalue weighted by atomic mass is 10.1. The Morgan fingerprint density at radius 2 is 2.06 bits per heavy atom. The van der Waals surface area contributed by atoms with Crippen molar-refractivity contribution in [2.75, 3.05) is 6.54 Å². The first kappa shape index (κ1) is 14.0. The second kappa shape index (κ2) is 7.30. The number of halogens is 1. The van der Waals surface area contributed by atoms with Gasteiger partial charge in [0.1, 0.15) is 0 Å². The lowest BCUT2D eigenvalue weighted by Crippen LogP contribution is -2.29. The minimum Gasteiger partial charge on any atom is -0.370 e. The van der Waals surface area contributed by atoms with Crippen molar-refractivity contribution in [3.63, 3.8) is 0 Å². The highest BCUT2D eigenvalue weighted by atomic mass is 35.5. The Bertz CT molecular complexity index is 351. The van der Waals surface area contributed by atoms with Gasteiger partial charge in [-0.05, 0) is 44.0 Å². The van der Waals surface area contributed by atoms with E-state index in [1.54, 1.807) is 0 Å². The van der Waals surface area contributed by atoms with Crippen LogP contribution in [-0.4, -0.2) is 18.5 Å². The Morgan fingerprint density at radius 3 is 2.65 bits per heavy atom. The van der Waals surface area contributed by atoms with Gasteiger partial charge in [0.15, 0.2) is 0 Å². The molecule has 0 aliphatic carbocycles. The first-order valence-electron chi connectivity index (χ1n) is 5.84. The van der Waals surface area contributed by atoms with Crippen LogP contribution in [0, 0.1) is 0 Å². The van der Waals surface area contributed by atoms with Crippen molar-refractivity contribution >= 4 is 17.5 Å². The number of nitrogens with two attached hydrogens (primary N) is 1. The Labute approximate surface area is 107 Å². The van der Waals surface area contributed by atoms with Crippen molar-refractivity contribution < 1.29 is 4.79 Å². The molecule has 0 aliphatic heterocycles. The van der Waals surface area contributed by atoms with Gasteiger partial charge in [0.05, 0.1) is 0 Å². The summed E-state index contributed by atoms with van der Waals surface area (Å²) in [6.45, 7) is 2.94. The third-order valence-electron chi connectivity index (χ3n) is 2.55. The zero-order valence-electron chi connectivity index (χ0n) is 10.1. The van der Waals surface area contributed by atoms with Crippen LogP contribution in [-0.2, 0) is 11.2 Å². The van der Waals surface area contributed by atoms with Crippen LogP contribution in [0.3, 0.4) is 0 Å². The van der Waals surface area contributed by atoms with E-state index in [0.29, 0.717) is 12.5 Å². The Hall–Kier alpha value is -1.06. The van der Waals surface area contributed by atoms with E-state index < -0.39 is 0 Å². The van der Waals surface area contributed by atoms with Crippen LogP contribution in [0.1, 0.15) is 25.3 Å².